The molecule has 0 fully saturated rings. The first-order valence-corrected chi connectivity index (χ1v) is 4.59. The highest BCUT2D eigenvalue weighted by Gasteiger charge is 2.11. The first-order valence-electron chi connectivity index (χ1n) is 3.84. The molecular formula is C9H11Cl2NO. The number of nitrogens with one attached hydrogen (secondary N) is 1. The summed E-state index contributed by atoms with van der Waals surface area (Å²) < 4.78 is 5.17. The molecule has 0 aliphatic rings. The summed E-state index contributed by atoms with van der Waals surface area (Å²) >= 11 is 11.7. The average molecular weight is 220 g/mol. The van der Waals surface area contributed by atoms with Gasteiger partial charge in [-0.3, -0.25) is 5.32 Å². The SMILES string of the molecule is CNC(OC)c1ccc(Cl)cc1Cl. The van der Waals surface area contributed by atoms with Gasteiger partial charge >= 0.3 is 0 Å². The van der Waals surface area contributed by atoms with Gasteiger partial charge in [-0.1, -0.05) is 29.3 Å². The van der Waals surface area contributed by atoms with Crippen LogP contribution in [-0.2, 0) is 4.74 Å². The highest BCUT2D eigenvalue weighted by molar-refractivity contribution is 6.35. The van der Waals surface area contributed by atoms with Gasteiger partial charge in [0, 0.05) is 22.7 Å². The molecule has 1 unspecified atom stereocenters. The Bertz CT molecular complexity index is 287. The third-order valence-corrected chi connectivity index (χ3v) is 2.31. The predicted molar refractivity (Wildman–Crippen MR) is 55.3 cm³/mol. The molecule has 0 bridgehead atoms. The summed E-state index contributed by atoms with van der Waals surface area (Å²) in [6, 6.07) is 5.32. The van der Waals surface area contributed by atoms with Crippen LogP contribution < -0.4 is 5.32 Å². The second-order valence-electron chi connectivity index (χ2n) is 2.57. The lowest BCUT2D eigenvalue weighted by atomic mass is 10.2. The zero-order chi connectivity index (χ0) is 9.84. The van der Waals surface area contributed by atoms with Crippen LogP contribution in [0.5, 0.6) is 0 Å². The fourth-order valence-electron chi connectivity index (χ4n) is 1.11. The van der Waals surface area contributed by atoms with Crippen molar-refractivity contribution in [3.05, 3.63) is 33.8 Å². The van der Waals surface area contributed by atoms with Crippen molar-refractivity contribution in [1.29, 1.82) is 0 Å². The molecule has 0 amide bonds. The van der Waals surface area contributed by atoms with Crippen LogP contribution in [0.4, 0.5) is 0 Å². The van der Waals surface area contributed by atoms with Crippen LogP contribution >= 0.6 is 23.2 Å². The van der Waals surface area contributed by atoms with Gasteiger partial charge < -0.3 is 4.74 Å². The van der Waals surface area contributed by atoms with E-state index in [1.807, 2.05) is 6.07 Å². The number of ether oxygens (including phenoxy) is 1. The number of halogens is 2. The van der Waals surface area contributed by atoms with Gasteiger partial charge in [-0.15, -0.1) is 0 Å². The van der Waals surface area contributed by atoms with Crippen molar-refractivity contribution in [3.63, 3.8) is 0 Å². The summed E-state index contributed by atoms with van der Waals surface area (Å²) in [7, 11) is 3.42. The number of hydrogen-bond donors (Lipinski definition) is 1. The van der Waals surface area contributed by atoms with Gasteiger partial charge in [0.15, 0.2) is 0 Å². The van der Waals surface area contributed by atoms with Gasteiger partial charge in [-0.25, -0.2) is 0 Å². The van der Waals surface area contributed by atoms with E-state index in [0.29, 0.717) is 10.0 Å². The topological polar surface area (TPSA) is 21.3 Å². The Morgan fingerprint density at radius 1 is 1.38 bits per heavy atom. The van der Waals surface area contributed by atoms with Crippen molar-refractivity contribution >= 4 is 23.2 Å². The lowest BCUT2D eigenvalue weighted by Gasteiger charge is -2.15. The molecule has 0 saturated carbocycles. The summed E-state index contributed by atoms with van der Waals surface area (Å²) in [6.07, 6.45) is -0.190. The molecule has 0 aliphatic heterocycles. The largest absolute Gasteiger partial charge is 0.362 e. The zero-order valence-corrected chi connectivity index (χ0v) is 8.99. The fourth-order valence-corrected chi connectivity index (χ4v) is 1.62. The van der Waals surface area contributed by atoms with Gasteiger partial charge in [-0.05, 0) is 19.2 Å². The minimum atomic E-state index is -0.190. The fraction of sp³-hybridized carbons (Fsp3) is 0.333. The molecule has 4 heteroatoms. The molecule has 1 aromatic rings. The molecule has 2 nitrogen and oxygen atoms in total. The van der Waals surface area contributed by atoms with Gasteiger partial charge in [0.05, 0.1) is 0 Å². The van der Waals surface area contributed by atoms with E-state index >= 15 is 0 Å². The highest BCUT2D eigenvalue weighted by Crippen LogP contribution is 2.26. The molecule has 13 heavy (non-hydrogen) atoms. The Labute approximate surface area is 87.8 Å². The molecule has 0 aliphatic carbocycles. The Hall–Kier alpha value is -0.280. The first kappa shape index (κ1) is 10.8. The van der Waals surface area contributed by atoms with Crippen LogP contribution in [0.25, 0.3) is 0 Å². The zero-order valence-electron chi connectivity index (χ0n) is 7.47. The molecule has 1 rings (SSSR count). The Balaban J connectivity index is 2.99. The van der Waals surface area contributed by atoms with E-state index in [1.54, 1.807) is 26.3 Å². The monoisotopic (exact) mass is 219 g/mol. The first-order chi connectivity index (χ1) is 6.19. The summed E-state index contributed by atoms with van der Waals surface area (Å²) in [5.41, 5.74) is 0.885. The lowest BCUT2D eigenvalue weighted by Crippen LogP contribution is -2.18. The molecule has 0 heterocycles. The smallest absolute Gasteiger partial charge is 0.135 e. The van der Waals surface area contributed by atoms with E-state index in [9.17, 15) is 0 Å². The van der Waals surface area contributed by atoms with E-state index < -0.39 is 0 Å². The van der Waals surface area contributed by atoms with Crippen LogP contribution in [0, 0.1) is 0 Å². The van der Waals surface area contributed by atoms with Crippen LogP contribution in [0.15, 0.2) is 18.2 Å². The standard InChI is InChI=1S/C9H11Cl2NO/c1-12-9(13-2)7-4-3-6(10)5-8(7)11/h3-5,9,12H,1-2H3. The highest BCUT2D eigenvalue weighted by atomic mass is 35.5. The second-order valence-corrected chi connectivity index (χ2v) is 3.41. The molecule has 1 atom stereocenters. The van der Waals surface area contributed by atoms with Crippen molar-refractivity contribution in [3.8, 4) is 0 Å². The number of hydrogen-bond acceptors (Lipinski definition) is 2. The third kappa shape index (κ3) is 2.58. The summed E-state index contributed by atoms with van der Waals surface area (Å²) in [6.45, 7) is 0. The van der Waals surface area contributed by atoms with Crippen molar-refractivity contribution in [1.82, 2.24) is 5.32 Å². The van der Waals surface area contributed by atoms with Gasteiger partial charge in [0.1, 0.15) is 6.23 Å². The van der Waals surface area contributed by atoms with E-state index in [-0.39, 0.29) is 6.23 Å². The van der Waals surface area contributed by atoms with Gasteiger partial charge in [0.2, 0.25) is 0 Å². The average Bonchev–Trinajstić information content (AvgIpc) is 2.10. The number of methoxy groups -OCH3 is 1. The maximum atomic E-state index is 5.98. The molecular weight excluding hydrogens is 209 g/mol. The van der Waals surface area contributed by atoms with Crippen LogP contribution in [0.3, 0.4) is 0 Å². The summed E-state index contributed by atoms with van der Waals surface area (Å²) in [5.74, 6) is 0. The summed E-state index contributed by atoms with van der Waals surface area (Å²) in [4.78, 5) is 0. The van der Waals surface area contributed by atoms with Gasteiger partial charge in [0.25, 0.3) is 0 Å². The second kappa shape index (κ2) is 4.82. The van der Waals surface area contributed by atoms with Crippen LogP contribution in [0.2, 0.25) is 10.0 Å². The predicted octanol–water partition coefficient (Wildman–Crippen LogP) is 2.86. The quantitative estimate of drug-likeness (QED) is 0.790. The molecule has 0 saturated heterocycles. The normalized spacial score (nSPS) is 12.9. The summed E-state index contributed by atoms with van der Waals surface area (Å²) in [5, 5.41) is 4.21. The Morgan fingerprint density at radius 3 is 2.54 bits per heavy atom. The maximum absolute atomic E-state index is 5.98. The number of rotatable bonds is 3. The van der Waals surface area contributed by atoms with E-state index in [0.717, 1.165) is 5.56 Å². The van der Waals surface area contributed by atoms with Crippen molar-refractivity contribution < 1.29 is 4.74 Å². The number of benzene rings is 1. The molecule has 0 radical (unpaired) electrons. The third-order valence-electron chi connectivity index (χ3n) is 1.74. The van der Waals surface area contributed by atoms with Crippen molar-refractivity contribution in [2.75, 3.05) is 14.2 Å². The Morgan fingerprint density at radius 2 is 2.08 bits per heavy atom. The van der Waals surface area contributed by atoms with E-state index in [2.05, 4.69) is 5.32 Å². The van der Waals surface area contributed by atoms with E-state index in [1.165, 1.54) is 0 Å². The van der Waals surface area contributed by atoms with E-state index in [4.69, 9.17) is 27.9 Å². The maximum Gasteiger partial charge on any atom is 0.135 e. The minimum Gasteiger partial charge on any atom is -0.362 e. The van der Waals surface area contributed by atoms with Crippen LogP contribution in [0.1, 0.15) is 11.8 Å². The minimum absolute atomic E-state index is 0.190. The van der Waals surface area contributed by atoms with Crippen molar-refractivity contribution in [2.45, 2.75) is 6.23 Å². The Kier molecular flexibility index (Phi) is 4.00. The lowest BCUT2D eigenvalue weighted by molar-refractivity contribution is 0.0810. The van der Waals surface area contributed by atoms with Crippen molar-refractivity contribution in [2.24, 2.45) is 0 Å². The van der Waals surface area contributed by atoms with Gasteiger partial charge in [-0.2, -0.15) is 0 Å². The molecule has 0 spiro atoms. The molecule has 72 valence electrons. The molecule has 1 aromatic carbocycles. The molecule has 0 aromatic heterocycles. The molecule has 1 N–H and O–H groups in total. The van der Waals surface area contributed by atoms with Crippen LogP contribution in [-0.4, -0.2) is 14.2 Å².